The number of aromatic amines is 1. The smallest absolute Gasteiger partial charge is 0.305 e. The summed E-state index contributed by atoms with van der Waals surface area (Å²) in [7, 11) is 0. The molecule has 1 saturated carbocycles. The van der Waals surface area contributed by atoms with Crippen molar-refractivity contribution >= 4 is 27.5 Å². The molecule has 0 saturated heterocycles. The minimum absolute atomic E-state index is 0.0404. The van der Waals surface area contributed by atoms with E-state index in [0.29, 0.717) is 63.1 Å². The van der Waals surface area contributed by atoms with Gasteiger partial charge in [-0.15, -0.1) is 0 Å². The number of fused-ring (bicyclic) bond motifs is 1. The summed E-state index contributed by atoms with van der Waals surface area (Å²) in [6, 6.07) is 7.17. The predicted molar refractivity (Wildman–Crippen MR) is 151 cm³/mol. The molecule has 0 atom stereocenters. The summed E-state index contributed by atoms with van der Waals surface area (Å²) in [5.41, 5.74) is 1.78. The summed E-state index contributed by atoms with van der Waals surface area (Å²) in [6.45, 7) is 3.01. The molecule has 0 radical (unpaired) electrons. The van der Waals surface area contributed by atoms with Gasteiger partial charge in [0.15, 0.2) is 0 Å². The number of carbonyl (C=O) groups excluding carboxylic acids is 1. The second kappa shape index (κ2) is 14.5. The van der Waals surface area contributed by atoms with Gasteiger partial charge < -0.3 is 25.6 Å². The summed E-state index contributed by atoms with van der Waals surface area (Å²) in [5, 5.41) is 16.6. The number of phenols is 1. The number of rotatable bonds is 13. The zero-order chi connectivity index (χ0) is 27.6. The fourth-order valence-corrected chi connectivity index (χ4v) is 6.08. The molecule has 1 aromatic heterocycles. The van der Waals surface area contributed by atoms with Crippen LogP contribution in [-0.4, -0.2) is 59.7 Å². The van der Waals surface area contributed by atoms with Crippen LogP contribution in [0, 0.1) is 11.6 Å². The van der Waals surface area contributed by atoms with Gasteiger partial charge in [0.2, 0.25) is 5.91 Å². The lowest BCUT2D eigenvalue weighted by Gasteiger charge is -2.23. The highest BCUT2D eigenvalue weighted by Gasteiger charge is 2.16. The van der Waals surface area contributed by atoms with Crippen LogP contribution in [0.4, 0.5) is 8.78 Å². The van der Waals surface area contributed by atoms with E-state index in [1.54, 1.807) is 6.07 Å². The van der Waals surface area contributed by atoms with Crippen molar-refractivity contribution in [1.29, 1.82) is 0 Å². The van der Waals surface area contributed by atoms with Crippen LogP contribution in [0.1, 0.15) is 56.1 Å². The number of aromatic hydroxyl groups is 1. The molecule has 39 heavy (non-hydrogen) atoms. The highest BCUT2D eigenvalue weighted by Crippen LogP contribution is 2.27. The van der Waals surface area contributed by atoms with Gasteiger partial charge in [0, 0.05) is 38.6 Å². The first-order chi connectivity index (χ1) is 18.9. The molecule has 1 amide bonds. The van der Waals surface area contributed by atoms with E-state index in [1.165, 1.54) is 18.9 Å². The minimum atomic E-state index is -0.460. The van der Waals surface area contributed by atoms with Gasteiger partial charge >= 0.3 is 4.87 Å². The van der Waals surface area contributed by atoms with Gasteiger partial charge in [0.25, 0.3) is 0 Å². The van der Waals surface area contributed by atoms with Crippen LogP contribution in [-0.2, 0) is 17.6 Å². The van der Waals surface area contributed by atoms with Crippen molar-refractivity contribution < 1.29 is 18.7 Å². The number of aromatic nitrogens is 1. The number of phenolic OH excluding ortho intramolecular Hbond substituents is 1. The molecule has 0 spiro atoms. The first-order valence-corrected chi connectivity index (χ1v) is 14.7. The van der Waals surface area contributed by atoms with E-state index in [4.69, 9.17) is 0 Å². The third-order valence-corrected chi connectivity index (χ3v) is 8.35. The first-order valence-electron chi connectivity index (χ1n) is 13.9. The maximum Gasteiger partial charge on any atom is 0.305 e. The average Bonchev–Trinajstić information content (AvgIpc) is 3.14. The monoisotopic (exact) mass is 560 g/mol. The minimum Gasteiger partial charge on any atom is -0.506 e. The maximum absolute atomic E-state index is 14.2. The number of hydrogen-bond donors (Lipinski definition) is 4. The zero-order valence-electron chi connectivity index (χ0n) is 22.2. The van der Waals surface area contributed by atoms with Crippen LogP contribution >= 0.6 is 11.3 Å². The molecular weight excluding hydrogens is 522 g/mol. The summed E-state index contributed by atoms with van der Waals surface area (Å²) in [6.07, 6.45) is 8.23. The van der Waals surface area contributed by atoms with Crippen molar-refractivity contribution in [3.05, 3.63) is 62.8 Å². The van der Waals surface area contributed by atoms with Crippen molar-refractivity contribution in [2.75, 3.05) is 32.7 Å². The number of carbonyl (C=O) groups is 1. The normalized spacial score (nSPS) is 14.6. The summed E-state index contributed by atoms with van der Waals surface area (Å²) >= 11 is 1.09. The number of thiazole rings is 1. The fourth-order valence-electron chi connectivity index (χ4n) is 5.19. The number of nitrogens with one attached hydrogen (secondary N) is 3. The lowest BCUT2D eigenvalue weighted by Crippen LogP contribution is -2.39. The van der Waals surface area contributed by atoms with E-state index in [0.717, 1.165) is 59.4 Å². The lowest BCUT2D eigenvalue weighted by atomic mass is 10.1. The van der Waals surface area contributed by atoms with Gasteiger partial charge in [-0.25, -0.2) is 8.78 Å². The Labute approximate surface area is 231 Å². The molecule has 4 rings (SSSR count). The third kappa shape index (κ3) is 8.84. The fraction of sp³-hybridized carbons (Fsp3) is 0.517. The van der Waals surface area contributed by atoms with Gasteiger partial charge in [0.1, 0.15) is 22.9 Å². The highest BCUT2D eigenvalue weighted by molar-refractivity contribution is 7.16. The molecule has 4 N–H and O–H groups in total. The van der Waals surface area contributed by atoms with E-state index >= 15 is 0 Å². The Morgan fingerprint density at radius 1 is 1.00 bits per heavy atom. The molecule has 1 heterocycles. The molecule has 212 valence electrons. The first kappa shape index (κ1) is 29.2. The number of H-pyrrole nitrogens is 1. The molecule has 3 aromatic rings. The molecule has 1 aliphatic carbocycles. The van der Waals surface area contributed by atoms with E-state index in [2.05, 4.69) is 20.5 Å². The Morgan fingerprint density at radius 2 is 1.79 bits per heavy atom. The van der Waals surface area contributed by atoms with Gasteiger partial charge in [-0.1, -0.05) is 43.1 Å². The Balaban J connectivity index is 1.28. The Bertz CT molecular complexity index is 1290. The van der Waals surface area contributed by atoms with Crippen LogP contribution < -0.4 is 15.5 Å². The quantitative estimate of drug-likeness (QED) is 0.183. The second-order valence-corrected chi connectivity index (χ2v) is 11.3. The Morgan fingerprint density at radius 3 is 2.59 bits per heavy atom. The Kier molecular flexibility index (Phi) is 10.9. The van der Waals surface area contributed by atoms with Gasteiger partial charge in [0.05, 0.1) is 4.70 Å². The number of nitrogens with zero attached hydrogens (tertiary/aromatic N) is 1. The number of amides is 1. The molecule has 1 fully saturated rings. The van der Waals surface area contributed by atoms with Crippen molar-refractivity contribution in [3.63, 3.8) is 0 Å². The largest absolute Gasteiger partial charge is 0.506 e. The summed E-state index contributed by atoms with van der Waals surface area (Å²) in [5.74, 6) is -0.779. The Hall–Kier alpha value is -2.82. The highest BCUT2D eigenvalue weighted by atomic mass is 32.1. The molecule has 7 nitrogen and oxygen atoms in total. The van der Waals surface area contributed by atoms with Crippen molar-refractivity contribution in [1.82, 2.24) is 20.5 Å². The molecule has 1 aliphatic rings. The van der Waals surface area contributed by atoms with Gasteiger partial charge in [-0.3, -0.25) is 9.59 Å². The van der Waals surface area contributed by atoms with E-state index < -0.39 is 11.6 Å². The molecular formula is C29H38F2N4O3S. The molecule has 10 heteroatoms. The second-order valence-electron chi connectivity index (χ2n) is 10.3. The maximum atomic E-state index is 14.2. The summed E-state index contributed by atoms with van der Waals surface area (Å²) in [4.78, 5) is 29.0. The van der Waals surface area contributed by atoms with Gasteiger partial charge in [-0.05, 0) is 67.6 Å². The predicted octanol–water partition coefficient (Wildman–Crippen LogP) is 4.48. The van der Waals surface area contributed by atoms with E-state index in [-0.39, 0.29) is 22.6 Å². The van der Waals surface area contributed by atoms with Crippen molar-refractivity contribution in [2.45, 2.75) is 63.8 Å². The van der Waals surface area contributed by atoms with Crippen molar-refractivity contribution in [3.8, 4) is 5.75 Å². The van der Waals surface area contributed by atoms with Crippen LogP contribution in [0.15, 0.2) is 35.1 Å². The van der Waals surface area contributed by atoms with Crippen LogP contribution in [0.5, 0.6) is 5.75 Å². The number of halogens is 2. The van der Waals surface area contributed by atoms with E-state index in [9.17, 15) is 23.5 Å². The topological polar surface area (TPSA) is 97.5 Å². The number of benzene rings is 2. The lowest BCUT2D eigenvalue weighted by molar-refractivity contribution is -0.122. The third-order valence-electron chi connectivity index (χ3n) is 7.40. The molecule has 0 bridgehead atoms. The van der Waals surface area contributed by atoms with Crippen LogP contribution in [0.2, 0.25) is 0 Å². The van der Waals surface area contributed by atoms with Gasteiger partial charge in [-0.2, -0.15) is 0 Å². The average molecular weight is 561 g/mol. The number of hydrogen-bond acceptors (Lipinski definition) is 6. The molecule has 0 unspecified atom stereocenters. The molecule has 2 aromatic carbocycles. The van der Waals surface area contributed by atoms with Crippen LogP contribution in [0.25, 0.3) is 10.2 Å². The van der Waals surface area contributed by atoms with Crippen LogP contribution in [0.3, 0.4) is 0 Å². The zero-order valence-corrected chi connectivity index (χ0v) is 23.1. The SMILES string of the molecule is O=C(CCN(CCNCCc1ccc(O)c2[nH]c(=O)sc12)CCc1cc(F)ccc1F)NC1CCCCCC1. The van der Waals surface area contributed by atoms with E-state index in [1.807, 2.05) is 6.07 Å². The summed E-state index contributed by atoms with van der Waals surface area (Å²) < 4.78 is 28.6. The van der Waals surface area contributed by atoms with Crippen molar-refractivity contribution in [2.24, 2.45) is 0 Å². The standard InChI is InChI=1S/C29H38F2N4O3S/c30-22-8-9-24(31)21(19-22)12-16-35(17-13-26(37)33-23-5-3-1-2-4-6-23)18-15-32-14-11-20-7-10-25(36)27-28(20)39-29(38)34-27/h7-10,19,23,32,36H,1-6,11-18H2,(H,33,37)(H,34,38). The molecule has 0 aliphatic heterocycles.